The molecule has 2 atom stereocenters. The smallest absolute Gasteiger partial charge is 0.471 e. The summed E-state index contributed by atoms with van der Waals surface area (Å²) in [5.41, 5.74) is 2.03. The predicted molar refractivity (Wildman–Crippen MR) is 141 cm³/mol. The van der Waals surface area contributed by atoms with E-state index in [1.807, 2.05) is 6.07 Å². The first-order valence-corrected chi connectivity index (χ1v) is 12.5. The first-order chi connectivity index (χ1) is 18.6. The average molecular weight is 557 g/mol. The topological polar surface area (TPSA) is 67.9 Å². The van der Waals surface area contributed by atoms with Gasteiger partial charge in [0.05, 0.1) is 31.6 Å². The lowest BCUT2D eigenvalue weighted by Gasteiger charge is -2.35. The van der Waals surface area contributed by atoms with Crippen LogP contribution in [0.3, 0.4) is 0 Å². The number of hydrogen-bond acceptors (Lipinski definition) is 5. The lowest BCUT2D eigenvalue weighted by Crippen LogP contribution is -2.45. The van der Waals surface area contributed by atoms with Crippen LogP contribution in [0.15, 0.2) is 78.0 Å². The van der Waals surface area contributed by atoms with Crippen LogP contribution in [0.25, 0.3) is 0 Å². The van der Waals surface area contributed by atoms with E-state index in [2.05, 4.69) is 5.32 Å². The van der Waals surface area contributed by atoms with Crippen LogP contribution < -0.4 is 19.7 Å². The molecule has 39 heavy (non-hydrogen) atoms. The Balaban J connectivity index is 1.69. The fraction of sp³-hybridized carbons (Fsp3) is 0.241. The number of halogens is 4. The van der Waals surface area contributed by atoms with Gasteiger partial charge in [-0.15, -0.1) is 0 Å². The Morgan fingerprint density at radius 2 is 1.62 bits per heavy atom. The molecule has 0 unspecified atom stereocenters. The lowest BCUT2D eigenvalue weighted by molar-refractivity contribution is -0.170. The second-order valence-corrected chi connectivity index (χ2v) is 9.74. The molecule has 6 nitrogen and oxygen atoms in total. The molecule has 0 saturated carbocycles. The third-order valence-corrected chi connectivity index (χ3v) is 7.27. The van der Waals surface area contributed by atoms with E-state index in [4.69, 9.17) is 21.1 Å². The minimum absolute atomic E-state index is 0.0182. The number of carbonyl (C=O) groups is 2. The summed E-state index contributed by atoms with van der Waals surface area (Å²) in [6, 6.07) is 16.4. The van der Waals surface area contributed by atoms with E-state index >= 15 is 0 Å². The molecule has 3 aromatic rings. The van der Waals surface area contributed by atoms with E-state index in [9.17, 15) is 22.8 Å². The highest BCUT2D eigenvalue weighted by Gasteiger charge is 2.50. The third kappa shape index (κ3) is 4.94. The molecule has 0 spiro atoms. The van der Waals surface area contributed by atoms with Gasteiger partial charge in [-0.1, -0.05) is 41.9 Å². The Bertz CT molecular complexity index is 1470. The molecule has 1 amide bonds. The molecule has 0 aromatic heterocycles. The highest BCUT2D eigenvalue weighted by molar-refractivity contribution is 6.30. The van der Waals surface area contributed by atoms with Gasteiger partial charge in [0.2, 0.25) is 0 Å². The van der Waals surface area contributed by atoms with Crippen molar-refractivity contribution < 1.29 is 32.2 Å². The van der Waals surface area contributed by atoms with Gasteiger partial charge in [0.1, 0.15) is 0 Å². The summed E-state index contributed by atoms with van der Waals surface area (Å²) in [5, 5.41) is 3.58. The summed E-state index contributed by atoms with van der Waals surface area (Å²) in [5.74, 6) is -1.68. The summed E-state index contributed by atoms with van der Waals surface area (Å²) in [7, 11) is 3.04. The van der Waals surface area contributed by atoms with Gasteiger partial charge in [0, 0.05) is 22.7 Å². The van der Waals surface area contributed by atoms with Crippen molar-refractivity contribution in [2.45, 2.75) is 31.0 Å². The number of methoxy groups -OCH3 is 2. The molecule has 3 aromatic carbocycles. The SMILES string of the molecule is COc1ccc([C@@H]2CC(=O)C3=C(C2)Nc2ccccc2N(C(=O)C(F)(F)F)[C@H]3c2ccc(Cl)cc2)cc1OC. The van der Waals surface area contributed by atoms with E-state index in [0.717, 1.165) is 5.56 Å². The number of ether oxygens (including phenoxy) is 2. The van der Waals surface area contributed by atoms with Crippen LogP contribution in [-0.2, 0) is 9.59 Å². The summed E-state index contributed by atoms with van der Waals surface area (Å²) in [4.78, 5) is 27.5. The molecule has 0 saturated heterocycles. The Labute approximate surface area is 228 Å². The summed E-state index contributed by atoms with van der Waals surface area (Å²) in [6.07, 6.45) is -4.82. The number of anilines is 2. The van der Waals surface area contributed by atoms with Gasteiger partial charge >= 0.3 is 12.1 Å². The molecule has 1 heterocycles. The van der Waals surface area contributed by atoms with Crippen molar-refractivity contribution in [2.24, 2.45) is 0 Å². The number of fused-ring (bicyclic) bond motifs is 1. The van der Waals surface area contributed by atoms with Gasteiger partial charge < -0.3 is 14.8 Å². The number of allylic oxidation sites excluding steroid dienone is 1. The highest BCUT2D eigenvalue weighted by atomic mass is 35.5. The van der Waals surface area contributed by atoms with Gasteiger partial charge in [0.15, 0.2) is 17.3 Å². The molecule has 1 aliphatic heterocycles. The average Bonchev–Trinajstić information content (AvgIpc) is 3.06. The van der Waals surface area contributed by atoms with Crippen molar-refractivity contribution in [3.63, 3.8) is 0 Å². The maximum Gasteiger partial charge on any atom is 0.471 e. The Morgan fingerprint density at radius 1 is 0.949 bits per heavy atom. The number of nitrogens with zero attached hydrogens (tertiary/aromatic N) is 1. The lowest BCUT2D eigenvalue weighted by atomic mass is 9.78. The molecule has 0 fully saturated rings. The second kappa shape index (κ2) is 10.3. The number of hydrogen-bond donors (Lipinski definition) is 1. The van der Waals surface area contributed by atoms with Gasteiger partial charge in [-0.25, -0.2) is 0 Å². The predicted octanol–water partition coefficient (Wildman–Crippen LogP) is 6.82. The second-order valence-electron chi connectivity index (χ2n) is 9.30. The quantitative estimate of drug-likeness (QED) is 0.382. The standard InChI is InChI=1S/C29H24ClF3N2O4/c1-38-24-12-9-17(15-25(24)39-2)18-13-21-26(23(36)14-18)27(16-7-10-19(30)11-8-16)35(28(37)29(31,32)33)22-6-4-3-5-20(22)34-21/h3-12,15,18,27,34H,13-14H2,1-2H3/t18-,27-/m0/s1. The number of nitrogens with one attached hydrogen (secondary N) is 1. The number of para-hydroxylation sites is 2. The zero-order valence-corrected chi connectivity index (χ0v) is 21.8. The molecule has 1 N–H and O–H groups in total. The van der Waals surface area contributed by atoms with Crippen molar-refractivity contribution in [1.29, 1.82) is 0 Å². The van der Waals surface area contributed by atoms with Crippen LogP contribution >= 0.6 is 11.6 Å². The molecule has 10 heteroatoms. The Hall–Kier alpha value is -3.98. The van der Waals surface area contributed by atoms with Crippen molar-refractivity contribution in [1.82, 2.24) is 0 Å². The van der Waals surface area contributed by atoms with E-state index < -0.39 is 18.1 Å². The number of carbonyl (C=O) groups excluding carboxylic acids is 2. The van der Waals surface area contributed by atoms with Crippen LogP contribution in [0.5, 0.6) is 11.5 Å². The van der Waals surface area contributed by atoms with Gasteiger partial charge in [-0.05, 0) is 59.9 Å². The van der Waals surface area contributed by atoms with Crippen LogP contribution in [0.2, 0.25) is 5.02 Å². The van der Waals surface area contributed by atoms with Gasteiger partial charge in [-0.2, -0.15) is 13.2 Å². The molecular weight excluding hydrogens is 533 g/mol. The van der Waals surface area contributed by atoms with Gasteiger partial charge in [0.25, 0.3) is 0 Å². The maximum atomic E-state index is 14.0. The van der Waals surface area contributed by atoms with E-state index in [1.54, 1.807) is 30.3 Å². The molecular formula is C29H24ClF3N2O4. The number of rotatable bonds is 4. The molecule has 0 bridgehead atoms. The summed E-state index contributed by atoms with van der Waals surface area (Å²) >= 11 is 6.06. The van der Waals surface area contributed by atoms with E-state index in [1.165, 1.54) is 44.6 Å². The van der Waals surface area contributed by atoms with E-state index in [-0.39, 0.29) is 29.4 Å². The molecule has 0 radical (unpaired) electrons. The van der Waals surface area contributed by atoms with Crippen LogP contribution in [0.1, 0.15) is 35.9 Å². The molecule has 202 valence electrons. The summed E-state index contributed by atoms with van der Waals surface area (Å²) < 4.78 is 52.7. The summed E-state index contributed by atoms with van der Waals surface area (Å²) in [6.45, 7) is 0. The normalized spacial score (nSPS) is 19.0. The van der Waals surface area contributed by atoms with Gasteiger partial charge in [-0.3, -0.25) is 14.5 Å². The number of alkyl halides is 3. The number of benzene rings is 3. The maximum absolute atomic E-state index is 14.0. The fourth-order valence-corrected chi connectivity index (χ4v) is 5.38. The first-order valence-electron chi connectivity index (χ1n) is 12.1. The molecule has 2 aliphatic rings. The Kier molecular flexibility index (Phi) is 7.03. The number of amides is 1. The molecule has 5 rings (SSSR count). The van der Waals surface area contributed by atoms with Crippen LogP contribution in [0, 0.1) is 0 Å². The largest absolute Gasteiger partial charge is 0.493 e. The number of ketones is 1. The van der Waals surface area contributed by atoms with Crippen LogP contribution in [-0.4, -0.2) is 32.1 Å². The highest BCUT2D eigenvalue weighted by Crippen LogP contribution is 2.49. The van der Waals surface area contributed by atoms with Crippen molar-refractivity contribution >= 4 is 34.7 Å². The minimum atomic E-state index is -5.18. The monoisotopic (exact) mass is 556 g/mol. The van der Waals surface area contributed by atoms with Crippen molar-refractivity contribution in [3.05, 3.63) is 94.1 Å². The van der Waals surface area contributed by atoms with Crippen molar-refractivity contribution in [2.75, 3.05) is 24.4 Å². The number of Topliss-reactive ketones (excluding diaryl/α,β-unsaturated/α-hetero) is 1. The third-order valence-electron chi connectivity index (χ3n) is 7.01. The first kappa shape index (κ1) is 26.6. The molecule has 1 aliphatic carbocycles. The fourth-order valence-electron chi connectivity index (χ4n) is 5.25. The van der Waals surface area contributed by atoms with E-state index in [0.29, 0.717) is 44.8 Å². The van der Waals surface area contributed by atoms with Crippen LogP contribution in [0.4, 0.5) is 24.5 Å². The minimum Gasteiger partial charge on any atom is -0.493 e. The zero-order valence-electron chi connectivity index (χ0n) is 21.0. The Morgan fingerprint density at radius 3 is 2.28 bits per heavy atom. The zero-order chi connectivity index (χ0) is 27.9. The van der Waals surface area contributed by atoms with Crippen molar-refractivity contribution in [3.8, 4) is 11.5 Å².